The Morgan fingerprint density at radius 2 is 1.95 bits per heavy atom. The first-order valence-electron chi connectivity index (χ1n) is 15.8. The second-order valence-corrected chi connectivity index (χ2v) is 11.9. The number of pyridine rings is 1. The lowest BCUT2D eigenvalue weighted by molar-refractivity contribution is -0.135. The van der Waals surface area contributed by atoms with E-state index in [1.165, 1.54) is 0 Å². The molecule has 5 heterocycles. The van der Waals surface area contributed by atoms with E-state index < -0.39 is 6.98 Å². The highest BCUT2D eigenvalue weighted by molar-refractivity contribution is 6.29. The van der Waals surface area contributed by atoms with Crippen LogP contribution in [-0.4, -0.2) is 63.0 Å². The molecule has 0 bridgehead atoms. The summed E-state index contributed by atoms with van der Waals surface area (Å²) in [5.74, 6) is 0.213. The fraction of sp³-hybridized carbons (Fsp3) is 0.433. The number of benzene rings is 1. The van der Waals surface area contributed by atoms with Gasteiger partial charge in [-0.05, 0) is 61.2 Å². The lowest BCUT2D eigenvalue weighted by Crippen LogP contribution is -2.40. The summed E-state index contributed by atoms with van der Waals surface area (Å²) in [6, 6.07) is 6.87. The molecule has 224 valence electrons. The molecule has 1 unspecified atom stereocenters. The molecule has 0 saturated carbocycles. The van der Waals surface area contributed by atoms with E-state index in [0.717, 1.165) is 40.8 Å². The molecule has 0 radical (unpaired) electrons. The van der Waals surface area contributed by atoms with Gasteiger partial charge in [-0.2, -0.15) is 4.80 Å². The number of nitrogens with zero attached hydrogens (tertiary/aromatic N) is 9. The second-order valence-electron chi connectivity index (χ2n) is 11.5. The van der Waals surface area contributed by atoms with Gasteiger partial charge < -0.3 is 10.2 Å². The van der Waals surface area contributed by atoms with Crippen LogP contribution in [0.15, 0.2) is 35.4 Å². The minimum atomic E-state index is -2.60. The van der Waals surface area contributed by atoms with Crippen molar-refractivity contribution >= 4 is 39.7 Å². The van der Waals surface area contributed by atoms with Gasteiger partial charge in [0.2, 0.25) is 11.7 Å². The monoisotopic (exact) mass is 605 g/mol. The van der Waals surface area contributed by atoms with Gasteiger partial charge in [0, 0.05) is 36.1 Å². The van der Waals surface area contributed by atoms with E-state index in [1.54, 1.807) is 30.1 Å². The highest BCUT2D eigenvalue weighted by atomic mass is 35.5. The lowest BCUT2D eigenvalue weighted by atomic mass is 9.92. The molecule has 43 heavy (non-hydrogen) atoms. The van der Waals surface area contributed by atoms with Crippen LogP contribution in [-0.2, 0) is 18.8 Å². The smallest absolute Gasteiger partial charge is 0.261 e. The Hall–Kier alpha value is -4.32. The third-order valence-electron chi connectivity index (χ3n) is 8.16. The van der Waals surface area contributed by atoms with Gasteiger partial charge in [-0.15, -0.1) is 10.2 Å². The molecule has 1 fully saturated rings. The zero-order valence-electron chi connectivity index (χ0n) is 27.7. The number of anilines is 1. The number of piperidine rings is 1. The molecule has 13 heteroatoms. The highest BCUT2D eigenvalue weighted by Gasteiger charge is 2.29. The van der Waals surface area contributed by atoms with E-state index >= 15 is 0 Å². The molecule has 1 aliphatic heterocycles. The van der Waals surface area contributed by atoms with E-state index in [4.69, 9.17) is 20.7 Å². The molecule has 1 aromatic carbocycles. The molecule has 0 aliphatic carbocycles. The number of hydrogen-bond donors (Lipinski definition) is 1. The minimum Gasteiger partial charge on any atom is -0.377 e. The largest absolute Gasteiger partial charge is 0.377 e. The van der Waals surface area contributed by atoms with Crippen LogP contribution >= 0.6 is 11.6 Å². The van der Waals surface area contributed by atoms with Gasteiger partial charge in [0.15, 0.2) is 0 Å². The quantitative estimate of drug-likeness (QED) is 0.284. The maximum absolute atomic E-state index is 13.9. The molecule has 1 saturated heterocycles. The van der Waals surface area contributed by atoms with Crippen molar-refractivity contribution in [2.45, 2.75) is 52.5 Å². The van der Waals surface area contributed by atoms with Gasteiger partial charge in [-0.25, -0.2) is 9.97 Å². The zero-order chi connectivity index (χ0) is 33.1. The topological polar surface area (TPSA) is 128 Å². The van der Waals surface area contributed by atoms with Crippen molar-refractivity contribution in [3.05, 3.63) is 62.9 Å². The molecule has 1 aliphatic rings. The predicted molar refractivity (Wildman–Crippen MR) is 165 cm³/mol. The van der Waals surface area contributed by atoms with E-state index in [2.05, 4.69) is 25.7 Å². The molecular formula is C30H35ClN10O2. The Morgan fingerprint density at radius 1 is 1.19 bits per heavy atom. The van der Waals surface area contributed by atoms with Crippen molar-refractivity contribution in [1.82, 2.24) is 44.0 Å². The van der Waals surface area contributed by atoms with E-state index in [9.17, 15) is 9.59 Å². The summed E-state index contributed by atoms with van der Waals surface area (Å²) in [4.78, 5) is 38.2. The van der Waals surface area contributed by atoms with Crippen molar-refractivity contribution in [3.63, 3.8) is 0 Å². The lowest BCUT2D eigenvalue weighted by Gasteiger charge is -2.32. The van der Waals surface area contributed by atoms with Gasteiger partial charge in [0.05, 0.1) is 35.3 Å². The molecule has 5 aromatic rings. The number of amides is 1. The molecule has 0 spiro atoms. The average Bonchev–Trinajstić information content (AvgIpc) is 3.69. The summed E-state index contributed by atoms with van der Waals surface area (Å²) >= 11 is 6.22. The number of carbonyl (C=O) groups is 1. The Labute approximate surface area is 257 Å². The van der Waals surface area contributed by atoms with Crippen LogP contribution in [0.2, 0.25) is 5.15 Å². The number of hydrogen-bond acceptors (Lipinski definition) is 8. The normalized spacial score (nSPS) is 16.4. The van der Waals surface area contributed by atoms with E-state index in [1.807, 2.05) is 49.1 Å². The molecule has 4 aromatic heterocycles. The molecule has 1 amide bonds. The van der Waals surface area contributed by atoms with E-state index in [-0.39, 0.29) is 46.0 Å². The first-order valence-corrected chi connectivity index (χ1v) is 14.6. The Bertz CT molecular complexity index is 2030. The molecule has 1 N–H and O–H groups in total. The van der Waals surface area contributed by atoms with Crippen LogP contribution < -0.4 is 10.9 Å². The molecule has 12 nitrogen and oxygen atoms in total. The van der Waals surface area contributed by atoms with Crippen molar-refractivity contribution < 1.29 is 8.91 Å². The van der Waals surface area contributed by atoms with Crippen molar-refractivity contribution in [2.75, 3.05) is 18.4 Å². The first kappa shape index (κ1) is 25.2. The van der Waals surface area contributed by atoms with Crippen LogP contribution in [0.1, 0.15) is 66.5 Å². The van der Waals surface area contributed by atoms with Crippen LogP contribution in [0.25, 0.3) is 28.1 Å². The Kier molecular flexibility index (Phi) is 6.49. The van der Waals surface area contributed by atoms with Gasteiger partial charge in [-0.1, -0.05) is 31.5 Å². The highest BCUT2D eigenvalue weighted by Crippen LogP contribution is 2.34. The standard InChI is InChI=1S/C30H35ClN10O2/c1-16(2)29(42)40-11-9-19(10-12-40)24-28-38(5)30(43)21-14-17(3)13-20(26(21)41(28)15-32-24)18(4)33-22-7-8-23(31)34-25(22)27-35-37-39(6)36-27/h7-8,13-16,18-19,33H,9-12H2,1-6H3/i6D3. The summed E-state index contributed by atoms with van der Waals surface area (Å²) in [7, 11) is 1.77. The summed E-state index contributed by atoms with van der Waals surface area (Å²) in [6.07, 6.45) is 3.31. The van der Waals surface area contributed by atoms with Gasteiger partial charge in [0.25, 0.3) is 5.56 Å². The number of likely N-dealkylation sites (tertiary alicyclic amines) is 1. The summed E-state index contributed by atoms with van der Waals surface area (Å²) in [6.45, 7) is 6.44. The third-order valence-corrected chi connectivity index (χ3v) is 8.37. The third kappa shape index (κ3) is 5.13. The number of aryl methyl sites for hydroxylation is 3. The number of aromatic nitrogens is 8. The predicted octanol–water partition coefficient (Wildman–Crippen LogP) is 4.27. The summed E-state index contributed by atoms with van der Waals surface area (Å²) < 4.78 is 26.4. The van der Waals surface area contributed by atoms with Crippen LogP contribution in [0.5, 0.6) is 0 Å². The average molecular weight is 606 g/mol. The Balaban J connectivity index is 1.41. The van der Waals surface area contributed by atoms with Crippen LogP contribution in [0.3, 0.4) is 0 Å². The Morgan fingerprint density at radius 3 is 2.65 bits per heavy atom. The van der Waals surface area contributed by atoms with Crippen molar-refractivity contribution in [2.24, 2.45) is 19.9 Å². The second kappa shape index (κ2) is 11.1. The number of nitrogens with one attached hydrogen (secondary N) is 1. The van der Waals surface area contributed by atoms with E-state index in [0.29, 0.717) is 29.0 Å². The maximum atomic E-state index is 13.9. The maximum Gasteiger partial charge on any atom is 0.261 e. The van der Waals surface area contributed by atoms with Gasteiger partial charge in [-0.3, -0.25) is 18.6 Å². The molecular weight excluding hydrogens is 568 g/mol. The number of fused-ring (bicyclic) bond motifs is 3. The molecule has 6 rings (SSSR count). The SMILES string of the molecule is [2H]C([2H])([2H])n1nnc(-c2nc(Cl)ccc2NC(C)c2cc(C)cc3c(=O)n(C)c4c(C5CCN(C(=O)C(C)C)CC5)ncn4c23)n1. The zero-order valence-corrected chi connectivity index (χ0v) is 25.4. The number of carbonyl (C=O) groups excluding carboxylic acids is 1. The van der Waals surface area contributed by atoms with Crippen LogP contribution in [0.4, 0.5) is 5.69 Å². The van der Waals surface area contributed by atoms with Gasteiger partial charge in [0.1, 0.15) is 22.8 Å². The first-order chi connectivity index (χ1) is 21.7. The minimum absolute atomic E-state index is 0.000854. The molecule has 1 atom stereocenters. The van der Waals surface area contributed by atoms with Crippen molar-refractivity contribution in [3.8, 4) is 11.5 Å². The number of imidazole rings is 1. The number of rotatable bonds is 6. The van der Waals surface area contributed by atoms with Crippen molar-refractivity contribution in [1.29, 1.82) is 0 Å². The van der Waals surface area contributed by atoms with Crippen LogP contribution in [0, 0.1) is 12.8 Å². The fourth-order valence-electron chi connectivity index (χ4n) is 6.07. The number of tetrazole rings is 1. The summed E-state index contributed by atoms with van der Waals surface area (Å²) in [5, 5.41) is 15.8. The fourth-order valence-corrected chi connectivity index (χ4v) is 6.21. The summed E-state index contributed by atoms with van der Waals surface area (Å²) in [5.41, 5.74) is 4.66. The number of halogens is 1. The van der Waals surface area contributed by atoms with Gasteiger partial charge >= 0.3 is 0 Å².